The molecular formula is C15H30N2O. The Balaban J connectivity index is 2.45. The van der Waals surface area contributed by atoms with E-state index in [-0.39, 0.29) is 18.0 Å². The summed E-state index contributed by atoms with van der Waals surface area (Å²) in [6.45, 7) is 13.0. The number of carbonyl (C=O) groups excluding carboxylic acids is 1. The summed E-state index contributed by atoms with van der Waals surface area (Å²) in [5.74, 6) is 1.45. The number of rotatable bonds is 6. The van der Waals surface area contributed by atoms with Crippen LogP contribution in [0.2, 0.25) is 0 Å². The maximum absolute atomic E-state index is 12.3. The van der Waals surface area contributed by atoms with E-state index >= 15 is 0 Å². The fourth-order valence-electron chi connectivity index (χ4n) is 2.30. The van der Waals surface area contributed by atoms with E-state index < -0.39 is 0 Å². The number of hydrogen-bond acceptors (Lipinski definition) is 2. The molecule has 2 atom stereocenters. The summed E-state index contributed by atoms with van der Waals surface area (Å²) in [6, 6.07) is 0.384. The fraction of sp³-hybridized carbons (Fsp3) is 0.933. The van der Waals surface area contributed by atoms with Gasteiger partial charge in [-0.05, 0) is 51.1 Å². The molecule has 1 heterocycles. The Morgan fingerprint density at radius 1 is 1.28 bits per heavy atom. The summed E-state index contributed by atoms with van der Waals surface area (Å²) in [5, 5.41) is 3.16. The zero-order valence-corrected chi connectivity index (χ0v) is 12.7. The van der Waals surface area contributed by atoms with E-state index in [0.717, 1.165) is 25.9 Å². The summed E-state index contributed by atoms with van der Waals surface area (Å²) < 4.78 is 0. The van der Waals surface area contributed by atoms with Gasteiger partial charge in [-0.1, -0.05) is 27.7 Å². The van der Waals surface area contributed by atoms with Gasteiger partial charge in [0.05, 0.1) is 6.04 Å². The SMILES string of the molecule is CC(C)CCN1CCC[C@H]1C(=O)NC(C)C(C)C. The molecule has 1 N–H and O–H groups in total. The van der Waals surface area contributed by atoms with Crippen LogP contribution in [-0.2, 0) is 4.79 Å². The van der Waals surface area contributed by atoms with Gasteiger partial charge in [-0.2, -0.15) is 0 Å². The van der Waals surface area contributed by atoms with Crippen molar-refractivity contribution in [1.29, 1.82) is 0 Å². The fourth-order valence-corrected chi connectivity index (χ4v) is 2.30. The smallest absolute Gasteiger partial charge is 0.237 e. The van der Waals surface area contributed by atoms with Crippen LogP contribution in [0.3, 0.4) is 0 Å². The van der Waals surface area contributed by atoms with Crippen molar-refractivity contribution in [1.82, 2.24) is 10.2 Å². The van der Waals surface area contributed by atoms with E-state index in [1.54, 1.807) is 0 Å². The lowest BCUT2D eigenvalue weighted by Gasteiger charge is -2.27. The van der Waals surface area contributed by atoms with Crippen LogP contribution in [-0.4, -0.2) is 36.0 Å². The minimum atomic E-state index is 0.116. The zero-order valence-electron chi connectivity index (χ0n) is 12.7. The second-order valence-electron chi connectivity index (χ2n) is 6.42. The lowest BCUT2D eigenvalue weighted by atomic mass is 10.1. The molecule has 0 aliphatic carbocycles. The number of nitrogens with one attached hydrogen (secondary N) is 1. The first-order valence-electron chi connectivity index (χ1n) is 7.46. The van der Waals surface area contributed by atoms with Crippen molar-refractivity contribution >= 4 is 5.91 Å². The average molecular weight is 254 g/mol. The third kappa shape index (κ3) is 4.60. The molecule has 1 aliphatic rings. The van der Waals surface area contributed by atoms with Crippen molar-refractivity contribution in [2.45, 2.75) is 66.0 Å². The molecule has 1 unspecified atom stereocenters. The van der Waals surface area contributed by atoms with Crippen LogP contribution in [0.25, 0.3) is 0 Å². The molecule has 3 heteroatoms. The van der Waals surface area contributed by atoms with Gasteiger partial charge in [0.15, 0.2) is 0 Å². The highest BCUT2D eigenvalue weighted by Gasteiger charge is 2.31. The van der Waals surface area contributed by atoms with Crippen LogP contribution >= 0.6 is 0 Å². The standard InChI is InChI=1S/C15H30N2O/c1-11(2)8-10-17-9-6-7-14(17)15(18)16-13(5)12(3)4/h11-14H,6-10H2,1-5H3,(H,16,18)/t13?,14-/m0/s1. The van der Waals surface area contributed by atoms with Gasteiger partial charge in [-0.15, -0.1) is 0 Å². The topological polar surface area (TPSA) is 32.3 Å². The Morgan fingerprint density at radius 2 is 1.94 bits per heavy atom. The molecule has 0 radical (unpaired) electrons. The van der Waals surface area contributed by atoms with Crippen molar-refractivity contribution < 1.29 is 4.79 Å². The third-order valence-electron chi connectivity index (χ3n) is 4.03. The Bertz CT molecular complexity index is 263. The molecule has 0 aromatic carbocycles. The van der Waals surface area contributed by atoms with Crippen LogP contribution in [0.4, 0.5) is 0 Å². The molecule has 1 rings (SSSR count). The molecule has 1 saturated heterocycles. The maximum atomic E-state index is 12.3. The monoisotopic (exact) mass is 254 g/mol. The second-order valence-corrected chi connectivity index (χ2v) is 6.42. The molecule has 1 fully saturated rings. The molecular weight excluding hydrogens is 224 g/mol. The first kappa shape index (κ1) is 15.5. The average Bonchev–Trinajstić information content (AvgIpc) is 2.74. The normalized spacial score (nSPS) is 22.7. The van der Waals surface area contributed by atoms with Crippen molar-refractivity contribution in [2.24, 2.45) is 11.8 Å². The summed E-state index contributed by atoms with van der Waals surface area (Å²) >= 11 is 0. The minimum Gasteiger partial charge on any atom is -0.352 e. The van der Waals surface area contributed by atoms with Crippen molar-refractivity contribution in [3.8, 4) is 0 Å². The highest BCUT2D eigenvalue weighted by Crippen LogP contribution is 2.19. The van der Waals surface area contributed by atoms with Crippen LogP contribution in [0.15, 0.2) is 0 Å². The van der Waals surface area contributed by atoms with Crippen molar-refractivity contribution in [2.75, 3.05) is 13.1 Å². The molecule has 3 nitrogen and oxygen atoms in total. The van der Waals surface area contributed by atoms with Crippen LogP contribution in [0.5, 0.6) is 0 Å². The summed E-state index contributed by atoms with van der Waals surface area (Å²) in [5.41, 5.74) is 0. The van der Waals surface area contributed by atoms with Gasteiger partial charge < -0.3 is 5.32 Å². The van der Waals surface area contributed by atoms with E-state index in [1.807, 2.05) is 0 Å². The molecule has 0 aromatic heterocycles. The highest BCUT2D eigenvalue weighted by molar-refractivity contribution is 5.82. The van der Waals surface area contributed by atoms with Gasteiger partial charge in [0.1, 0.15) is 0 Å². The third-order valence-corrected chi connectivity index (χ3v) is 4.03. The van der Waals surface area contributed by atoms with Gasteiger partial charge in [-0.25, -0.2) is 0 Å². The summed E-state index contributed by atoms with van der Waals surface area (Å²) in [6.07, 6.45) is 3.37. The Kier molecular flexibility index (Phi) is 6.13. The summed E-state index contributed by atoms with van der Waals surface area (Å²) in [7, 11) is 0. The van der Waals surface area contributed by atoms with E-state index in [2.05, 4.69) is 44.8 Å². The van der Waals surface area contributed by atoms with E-state index in [1.165, 1.54) is 6.42 Å². The molecule has 106 valence electrons. The van der Waals surface area contributed by atoms with Crippen LogP contribution in [0, 0.1) is 11.8 Å². The summed E-state index contributed by atoms with van der Waals surface area (Å²) in [4.78, 5) is 14.6. The molecule has 1 amide bonds. The Labute approximate surface area is 112 Å². The number of likely N-dealkylation sites (tertiary alicyclic amines) is 1. The Hall–Kier alpha value is -0.570. The quantitative estimate of drug-likeness (QED) is 0.790. The number of carbonyl (C=O) groups is 1. The number of amides is 1. The van der Waals surface area contributed by atoms with Gasteiger partial charge in [-0.3, -0.25) is 9.69 Å². The first-order valence-corrected chi connectivity index (χ1v) is 7.46. The molecule has 0 bridgehead atoms. The minimum absolute atomic E-state index is 0.116. The van der Waals surface area contributed by atoms with Crippen LogP contribution in [0.1, 0.15) is 53.9 Å². The largest absolute Gasteiger partial charge is 0.352 e. The van der Waals surface area contributed by atoms with E-state index in [9.17, 15) is 4.79 Å². The number of nitrogens with zero attached hydrogens (tertiary/aromatic N) is 1. The van der Waals surface area contributed by atoms with Gasteiger partial charge in [0, 0.05) is 6.04 Å². The zero-order chi connectivity index (χ0) is 13.7. The van der Waals surface area contributed by atoms with E-state index in [4.69, 9.17) is 0 Å². The maximum Gasteiger partial charge on any atom is 0.237 e. The second kappa shape index (κ2) is 7.13. The lowest BCUT2D eigenvalue weighted by molar-refractivity contribution is -0.126. The Morgan fingerprint density at radius 3 is 2.50 bits per heavy atom. The molecule has 0 saturated carbocycles. The van der Waals surface area contributed by atoms with Crippen molar-refractivity contribution in [3.63, 3.8) is 0 Å². The number of hydrogen-bond donors (Lipinski definition) is 1. The van der Waals surface area contributed by atoms with Gasteiger partial charge >= 0.3 is 0 Å². The molecule has 0 spiro atoms. The highest BCUT2D eigenvalue weighted by atomic mass is 16.2. The molecule has 1 aliphatic heterocycles. The van der Waals surface area contributed by atoms with Crippen molar-refractivity contribution in [3.05, 3.63) is 0 Å². The predicted octanol–water partition coefficient (Wildman–Crippen LogP) is 2.66. The van der Waals surface area contributed by atoms with E-state index in [0.29, 0.717) is 11.8 Å². The lowest BCUT2D eigenvalue weighted by Crippen LogP contribution is -2.47. The van der Waals surface area contributed by atoms with Gasteiger partial charge in [0.25, 0.3) is 0 Å². The first-order chi connectivity index (χ1) is 8.41. The molecule has 18 heavy (non-hydrogen) atoms. The molecule has 0 aromatic rings. The van der Waals surface area contributed by atoms with Crippen LogP contribution < -0.4 is 5.32 Å². The predicted molar refractivity (Wildman–Crippen MR) is 76.5 cm³/mol. The van der Waals surface area contributed by atoms with Gasteiger partial charge in [0.2, 0.25) is 5.91 Å².